The summed E-state index contributed by atoms with van der Waals surface area (Å²) in [6, 6.07) is 28.7. The van der Waals surface area contributed by atoms with Crippen LogP contribution in [0.2, 0.25) is 103 Å². The van der Waals surface area contributed by atoms with Gasteiger partial charge in [-0.15, -0.1) is 0 Å². The van der Waals surface area contributed by atoms with Crippen molar-refractivity contribution in [2.45, 2.75) is 109 Å². The molecule has 1 fully saturated rings. The second kappa shape index (κ2) is 27.6. The molecule has 1 aliphatic heterocycles. The maximum Gasteiger partial charge on any atom is 0.168 e. The summed E-state index contributed by atoms with van der Waals surface area (Å²) in [7, 11) is -4.87. The van der Waals surface area contributed by atoms with Crippen molar-refractivity contribution in [2.75, 3.05) is 89.5 Å². The number of anilines is 2. The zero-order valence-electron chi connectivity index (χ0n) is 50.2. The zero-order valence-corrected chi connectivity index (χ0v) is 54.2. The minimum atomic E-state index is -1.22. The second-order valence-electron chi connectivity index (χ2n) is 26.0. The Hall–Kier alpha value is -5.60. The number of hydrogen-bond acceptors (Lipinski definition) is 15. The van der Waals surface area contributed by atoms with Crippen molar-refractivity contribution in [2.24, 2.45) is 0 Å². The van der Waals surface area contributed by atoms with E-state index < -0.39 is 32.3 Å². The number of morpholine rings is 1. The first kappa shape index (κ1) is 61.5. The highest BCUT2D eigenvalue weighted by Crippen LogP contribution is 2.31. The van der Waals surface area contributed by atoms with Gasteiger partial charge < -0.3 is 33.5 Å². The number of nitrogens with zero attached hydrogens (tertiary/aromatic N) is 11. The monoisotopic (exact) mass is 1170 g/mol. The number of hydrogen-bond donors (Lipinski definition) is 0. The van der Waals surface area contributed by atoms with Gasteiger partial charge in [0, 0.05) is 136 Å². The molecule has 1 aliphatic rings. The highest BCUT2D eigenvalue weighted by Gasteiger charge is 2.24. The lowest BCUT2D eigenvalue weighted by molar-refractivity contribution is 0.0336. The van der Waals surface area contributed by atoms with E-state index in [0.717, 1.165) is 138 Å². The first-order chi connectivity index (χ1) is 38.6. The smallest absolute Gasteiger partial charge is 0.168 e. The Labute approximate surface area is 483 Å². The molecule has 9 rings (SSSR count). The fourth-order valence-corrected chi connectivity index (χ4v) is 12.0. The van der Waals surface area contributed by atoms with Gasteiger partial charge in [-0.3, -0.25) is 19.7 Å². The van der Waals surface area contributed by atoms with E-state index in [0.29, 0.717) is 57.3 Å². The minimum absolute atomic E-state index is 0.331. The quantitative estimate of drug-likeness (QED) is 0.0207. The minimum Gasteiger partial charge on any atom is -0.379 e. The van der Waals surface area contributed by atoms with Gasteiger partial charge >= 0.3 is 0 Å². The van der Waals surface area contributed by atoms with Gasteiger partial charge in [0.2, 0.25) is 0 Å². The lowest BCUT2D eigenvalue weighted by Gasteiger charge is -2.28. The van der Waals surface area contributed by atoms with E-state index in [2.05, 4.69) is 128 Å². The molecule has 17 nitrogen and oxygen atoms in total. The van der Waals surface area contributed by atoms with Crippen LogP contribution in [0.4, 0.5) is 11.6 Å². The van der Waals surface area contributed by atoms with Gasteiger partial charge in [-0.05, 0) is 48.4 Å². The average molecular weight is 1170 g/mol. The zero-order chi connectivity index (χ0) is 57.8. The third-order valence-electron chi connectivity index (χ3n) is 14.0. The highest BCUT2D eigenvalue weighted by molar-refractivity contribution is 6.77. The summed E-state index contributed by atoms with van der Waals surface area (Å²) in [6.45, 7) is 36.7. The van der Waals surface area contributed by atoms with Crippen molar-refractivity contribution in [3.63, 3.8) is 0 Å². The molecule has 0 aliphatic carbocycles. The third-order valence-corrected chi connectivity index (χ3v) is 20.8. The number of carbonyl (C=O) groups is 1. The number of ether oxygens (including phenoxy) is 5. The molecule has 21 heteroatoms. The van der Waals surface area contributed by atoms with Crippen molar-refractivity contribution in [3.05, 3.63) is 109 Å². The molecule has 0 saturated carbocycles. The van der Waals surface area contributed by atoms with Crippen molar-refractivity contribution >= 4 is 83.3 Å². The van der Waals surface area contributed by atoms with Crippen LogP contribution in [-0.4, -0.2) is 162 Å². The number of carbonyl (C=O) groups excluding carboxylic acids is 1. The second-order valence-corrected chi connectivity index (χ2v) is 48.5. The molecule has 0 radical (unpaired) electrons. The predicted octanol–water partition coefficient (Wildman–Crippen LogP) is 12.4. The van der Waals surface area contributed by atoms with Crippen LogP contribution < -0.4 is 9.80 Å². The fourth-order valence-electron chi connectivity index (χ4n) is 8.94. The first-order valence-electron chi connectivity index (χ1n) is 28.6. The van der Waals surface area contributed by atoms with Crippen LogP contribution in [0.25, 0.3) is 55.4 Å². The maximum absolute atomic E-state index is 11.9. The molecule has 0 atom stereocenters. The van der Waals surface area contributed by atoms with Crippen LogP contribution in [0.3, 0.4) is 0 Å². The van der Waals surface area contributed by atoms with E-state index in [1.165, 1.54) is 0 Å². The Morgan fingerprint density at radius 1 is 0.531 bits per heavy atom. The Kier molecular flexibility index (Phi) is 21.0. The molecule has 6 aromatic heterocycles. The summed E-state index contributed by atoms with van der Waals surface area (Å²) in [5, 5.41) is 11.7. The number of benzene rings is 2. The highest BCUT2D eigenvalue weighted by atomic mass is 28.3. The molecule has 1 saturated heterocycles. The van der Waals surface area contributed by atoms with E-state index in [1.807, 2.05) is 70.5 Å². The molecule has 0 amide bonds. The molecule has 0 unspecified atom stereocenters. The maximum atomic E-state index is 11.9. The molecule has 0 bridgehead atoms. The molecule has 434 valence electrons. The fraction of sp³-hybridized carbons (Fsp3) is 0.483. The molecule has 81 heavy (non-hydrogen) atoms. The normalized spacial score (nSPS) is 13.8. The van der Waals surface area contributed by atoms with E-state index in [-0.39, 0.29) is 0 Å². The van der Waals surface area contributed by atoms with Crippen molar-refractivity contribution in [3.8, 4) is 22.3 Å². The molecular weight excluding hydrogens is 1080 g/mol. The van der Waals surface area contributed by atoms with Crippen LogP contribution in [0.15, 0.2) is 97.6 Å². The van der Waals surface area contributed by atoms with Crippen molar-refractivity contribution in [1.82, 2.24) is 44.1 Å². The van der Waals surface area contributed by atoms with Gasteiger partial charge in [0.15, 0.2) is 17.6 Å². The molecule has 7 heterocycles. The number of rotatable bonds is 27. The van der Waals surface area contributed by atoms with Gasteiger partial charge in [0.1, 0.15) is 44.3 Å². The lowest BCUT2D eigenvalue weighted by atomic mass is 10.1. The van der Waals surface area contributed by atoms with Crippen LogP contribution in [-0.2, 0) is 30.2 Å². The van der Waals surface area contributed by atoms with Gasteiger partial charge in [-0.2, -0.15) is 19.2 Å². The van der Waals surface area contributed by atoms with Gasteiger partial charge in [0.25, 0.3) is 0 Å². The first-order valence-corrected chi connectivity index (χ1v) is 43.5. The molecule has 2 aromatic carbocycles. The Balaban J connectivity index is 0.000000214. The van der Waals surface area contributed by atoms with Crippen molar-refractivity contribution < 1.29 is 28.5 Å². The van der Waals surface area contributed by atoms with Crippen LogP contribution >= 0.6 is 0 Å². The average Bonchev–Trinajstić information content (AvgIpc) is 4.27. The summed E-state index contributed by atoms with van der Waals surface area (Å²) >= 11 is 0. The van der Waals surface area contributed by atoms with E-state index >= 15 is 0 Å². The molecule has 8 aromatic rings. The third kappa shape index (κ3) is 18.2. The predicted molar refractivity (Wildman–Crippen MR) is 340 cm³/mol. The summed E-state index contributed by atoms with van der Waals surface area (Å²) < 4.78 is 34.1. The van der Waals surface area contributed by atoms with Crippen molar-refractivity contribution in [1.29, 1.82) is 0 Å². The van der Waals surface area contributed by atoms with E-state index in [9.17, 15) is 4.79 Å². The number of para-hydroxylation sites is 2. The Morgan fingerprint density at radius 3 is 1.36 bits per heavy atom. The van der Waals surface area contributed by atoms with Gasteiger partial charge in [-0.1, -0.05) is 115 Å². The van der Waals surface area contributed by atoms with Crippen LogP contribution in [0.5, 0.6) is 0 Å². The summed E-state index contributed by atoms with van der Waals surface area (Å²) in [4.78, 5) is 37.6. The van der Waals surface area contributed by atoms with E-state index in [1.54, 1.807) is 16.8 Å². The largest absolute Gasteiger partial charge is 0.379 e. The molecule has 0 spiro atoms. The standard InChI is InChI=1S/C32H48N6O3Si2.C28H39N5O3Si2/c1-42(2,3)17-15-40-24-37(25-41-16-18-43(4,5)6)31-20-28(23-36-11-13-39-14-12-36)35-32-29(22-34-38(31)32)27-19-26-9-7-8-10-30(26)33-21-27;1-37(2,3)13-11-35-20-32(21-36-12-14-38(4,5)6)27-16-24(19-34)31-28-25(18-30-33(27)28)23-15-22-9-7-8-10-26(22)29-17-23/h7-10,19-22H,11-18,23-25H2,1-6H3;7-10,15-19H,11-14,20-21H2,1-6H3. The van der Waals surface area contributed by atoms with E-state index in [4.69, 9.17) is 38.8 Å². The van der Waals surface area contributed by atoms with Gasteiger partial charge in [-0.25, -0.2) is 9.97 Å². The van der Waals surface area contributed by atoms with Crippen LogP contribution in [0, 0.1) is 0 Å². The molecular formula is C60H87N11O6Si4. The topological polar surface area (TPSA) is 159 Å². The van der Waals surface area contributed by atoms with Crippen LogP contribution in [0.1, 0.15) is 16.2 Å². The summed E-state index contributed by atoms with van der Waals surface area (Å²) in [5.41, 5.74) is 8.29. The summed E-state index contributed by atoms with van der Waals surface area (Å²) in [6.07, 6.45) is 8.21. The number of aromatic nitrogens is 8. The Bertz CT molecular complexity index is 3280. The van der Waals surface area contributed by atoms with Gasteiger partial charge in [0.05, 0.1) is 42.3 Å². The lowest BCUT2D eigenvalue weighted by Crippen LogP contribution is -2.36. The molecule has 0 N–H and O–H groups in total. The number of aldehydes is 1. The SMILES string of the molecule is C[Si](C)(C)CCOCN(COCC[Si](C)(C)C)c1cc(C=O)nc2c(-c3cnc4ccccc4c3)cnn12.C[Si](C)(C)CCOCN(COCC[Si](C)(C)C)c1cc(CN2CCOCC2)nc2c(-c3cnc4ccccc4c3)cnn12. The number of pyridine rings is 2. The summed E-state index contributed by atoms with van der Waals surface area (Å²) in [5.74, 6) is 1.63. The number of fused-ring (bicyclic) bond motifs is 4. The Morgan fingerprint density at radius 2 is 0.938 bits per heavy atom.